The molecule has 0 N–H and O–H groups in total. The smallest absolute Gasteiger partial charge is 0.387 e. The molecule has 0 aromatic heterocycles. The summed E-state index contributed by atoms with van der Waals surface area (Å²) >= 11 is 3.26. The number of ether oxygens (including phenoxy) is 1. The molecule has 0 aliphatic heterocycles. The van der Waals surface area contributed by atoms with Crippen LogP contribution in [0.25, 0.3) is 0 Å². The van der Waals surface area contributed by atoms with Crippen LogP contribution >= 0.6 is 15.9 Å². The lowest BCUT2D eigenvalue weighted by atomic mass is 10.0. The predicted molar refractivity (Wildman–Crippen MR) is 59.9 cm³/mol. The van der Waals surface area contributed by atoms with Gasteiger partial charge in [-0.1, -0.05) is 22.0 Å². The van der Waals surface area contributed by atoms with E-state index in [1.54, 1.807) is 6.07 Å². The van der Waals surface area contributed by atoms with Crippen LogP contribution in [0.4, 0.5) is 8.78 Å². The number of nitriles is 1. The van der Waals surface area contributed by atoms with Gasteiger partial charge < -0.3 is 4.74 Å². The van der Waals surface area contributed by atoms with E-state index in [9.17, 15) is 8.78 Å². The SMILES string of the molecule is N#Cc1cccc(OC(F)F)c1CCCBr. The van der Waals surface area contributed by atoms with Gasteiger partial charge in [0.1, 0.15) is 5.75 Å². The van der Waals surface area contributed by atoms with Crippen LogP contribution in [0, 0.1) is 11.3 Å². The van der Waals surface area contributed by atoms with Gasteiger partial charge in [-0.3, -0.25) is 0 Å². The number of benzene rings is 1. The topological polar surface area (TPSA) is 33.0 Å². The number of rotatable bonds is 5. The molecule has 1 rings (SSSR count). The second-order valence-electron chi connectivity index (χ2n) is 3.07. The molecule has 2 nitrogen and oxygen atoms in total. The average molecular weight is 290 g/mol. The van der Waals surface area contributed by atoms with Crippen LogP contribution in [0.2, 0.25) is 0 Å². The molecular weight excluding hydrogens is 280 g/mol. The zero-order chi connectivity index (χ0) is 12.0. The van der Waals surface area contributed by atoms with E-state index in [4.69, 9.17) is 5.26 Å². The van der Waals surface area contributed by atoms with Gasteiger partial charge in [-0.15, -0.1) is 0 Å². The Labute approximate surface area is 101 Å². The van der Waals surface area contributed by atoms with Gasteiger partial charge in [-0.2, -0.15) is 14.0 Å². The van der Waals surface area contributed by atoms with Crippen molar-refractivity contribution in [2.24, 2.45) is 0 Å². The van der Waals surface area contributed by atoms with Crippen LogP contribution in [0.3, 0.4) is 0 Å². The first-order valence-electron chi connectivity index (χ1n) is 4.71. The molecule has 0 aliphatic carbocycles. The molecule has 0 saturated carbocycles. The van der Waals surface area contributed by atoms with Crippen molar-refractivity contribution in [3.8, 4) is 11.8 Å². The van der Waals surface area contributed by atoms with E-state index in [0.29, 0.717) is 17.5 Å². The number of alkyl halides is 3. The van der Waals surface area contributed by atoms with Crippen LogP contribution in [-0.2, 0) is 6.42 Å². The number of nitrogens with zero attached hydrogens (tertiary/aromatic N) is 1. The van der Waals surface area contributed by atoms with Gasteiger partial charge in [-0.25, -0.2) is 0 Å². The highest BCUT2D eigenvalue weighted by Crippen LogP contribution is 2.25. The summed E-state index contributed by atoms with van der Waals surface area (Å²) in [5.74, 6) is 0.0926. The minimum absolute atomic E-state index is 0.0926. The molecule has 0 radical (unpaired) electrons. The number of halogens is 3. The number of hydrogen-bond acceptors (Lipinski definition) is 2. The molecule has 0 fully saturated rings. The molecule has 0 heterocycles. The van der Waals surface area contributed by atoms with Gasteiger partial charge in [0.15, 0.2) is 0 Å². The molecule has 86 valence electrons. The fourth-order valence-electron chi connectivity index (χ4n) is 1.38. The van der Waals surface area contributed by atoms with Crippen molar-refractivity contribution >= 4 is 15.9 Å². The monoisotopic (exact) mass is 289 g/mol. The Morgan fingerprint density at radius 1 is 1.44 bits per heavy atom. The Kier molecular flexibility index (Phi) is 5.20. The van der Waals surface area contributed by atoms with Crippen molar-refractivity contribution in [3.05, 3.63) is 29.3 Å². The highest BCUT2D eigenvalue weighted by molar-refractivity contribution is 9.09. The van der Waals surface area contributed by atoms with Crippen molar-refractivity contribution in [3.63, 3.8) is 0 Å². The summed E-state index contributed by atoms with van der Waals surface area (Å²) in [5.41, 5.74) is 0.934. The first kappa shape index (κ1) is 12.9. The molecule has 0 spiro atoms. The molecule has 0 aliphatic rings. The first-order valence-corrected chi connectivity index (χ1v) is 5.84. The molecule has 0 atom stereocenters. The summed E-state index contributed by atoms with van der Waals surface area (Å²) in [4.78, 5) is 0. The van der Waals surface area contributed by atoms with Crippen molar-refractivity contribution < 1.29 is 13.5 Å². The van der Waals surface area contributed by atoms with Gasteiger partial charge in [0.2, 0.25) is 0 Å². The highest BCUT2D eigenvalue weighted by atomic mass is 79.9. The van der Waals surface area contributed by atoms with E-state index < -0.39 is 6.61 Å². The molecule has 1 aromatic rings. The predicted octanol–water partition coefficient (Wildman–Crippen LogP) is 3.49. The maximum atomic E-state index is 12.1. The summed E-state index contributed by atoms with van der Waals surface area (Å²) in [6, 6.07) is 6.57. The second kappa shape index (κ2) is 6.44. The molecule has 1 aromatic carbocycles. The van der Waals surface area contributed by atoms with E-state index in [1.165, 1.54) is 12.1 Å². The van der Waals surface area contributed by atoms with Crippen LogP contribution in [-0.4, -0.2) is 11.9 Å². The molecule has 0 bridgehead atoms. The summed E-state index contributed by atoms with van der Waals surface area (Å²) < 4.78 is 28.7. The third kappa shape index (κ3) is 3.46. The molecule has 16 heavy (non-hydrogen) atoms. The Morgan fingerprint density at radius 3 is 2.75 bits per heavy atom. The number of hydrogen-bond donors (Lipinski definition) is 0. The van der Waals surface area contributed by atoms with Crippen LogP contribution in [0.5, 0.6) is 5.75 Å². The van der Waals surface area contributed by atoms with Crippen LogP contribution in [0.1, 0.15) is 17.5 Å². The lowest BCUT2D eigenvalue weighted by Gasteiger charge is -2.11. The highest BCUT2D eigenvalue weighted by Gasteiger charge is 2.12. The van der Waals surface area contributed by atoms with Crippen molar-refractivity contribution in [1.82, 2.24) is 0 Å². The molecule has 0 amide bonds. The van der Waals surface area contributed by atoms with E-state index >= 15 is 0 Å². The summed E-state index contributed by atoms with van der Waals surface area (Å²) in [7, 11) is 0. The Morgan fingerprint density at radius 2 is 2.19 bits per heavy atom. The summed E-state index contributed by atoms with van der Waals surface area (Å²) in [6.45, 7) is -2.86. The van der Waals surface area contributed by atoms with Crippen molar-refractivity contribution in [1.29, 1.82) is 5.26 Å². The normalized spacial score (nSPS) is 10.2. The molecule has 5 heteroatoms. The average Bonchev–Trinajstić information content (AvgIpc) is 2.26. The zero-order valence-corrected chi connectivity index (χ0v) is 10.0. The Bertz CT molecular complexity index is 390. The van der Waals surface area contributed by atoms with E-state index in [0.717, 1.165) is 11.8 Å². The fraction of sp³-hybridized carbons (Fsp3) is 0.364. The molecular formula is C11H10BrF2NO. The minimum atomic E-state index is -2.86. The molecule has 0 unspecified atom stereocenters. The third-order valence-corrected chi connectivity index (χ3v) is 2.59. The summed E-state index contributed by atoms with van der Waals surface area (Å²) in [6.07, 6.45) is 1.30. The van der Waals surface area contributed by atoms with Crippen LogP contribution in [0.15, 0.2) is 18.2 Å². The largest absolute Gasteiger partial charge is 0.434 e. The van der Waals surface area contributed by atoms with Gasteiger partial charge in [0, 0.05) is 10.9 Å². The van der Waals surface area contributed by atoms with Gasteiger partial charge in [0.05, 0.1) is 11.6 Å². The maximum Gasteiger partial charge on any atom is 0.387 e. The minimum Gasteiger partial charge on any atom is -0.434 e. The fourth-order valence-corrected chi connectivity index (χ4v) is 1.66. The Hall–Kier alpha value is -1.15. The van der Waals surface area contributed by atoms with Gasteiger partial charge in [0.25, 0.3) is 0 Å². The lowest BCUT2D eigenvalue weighted by molar-refractivity contribution is -0.0504. The summed E-state index contributed by atoms with van der Waals surface area (Å²) in [5, 5.41) is 9.62. The second-order valence-corrected chi connectivity index (χ2v) is 3.86. The van der Waals surface area contributed by atoms with Crippen molar-refractivity contribution in [2.75, 3.05) is 5.33 Å². The van der Waals surface area contributed by atoms with Gasteiger partial charge in [-0.05, 0) is 25.0 Å². The van der Waals surface area contributed by atoms with Crippen molar-refractivity contribution in [2.45, 2.75) is 19.5 Å². The quantitative estimate of drug-likeness (QED) is 0.778. The lowest BCUT2D eigenvalue weighted by Crippen LogP contribution is -2.06. The van der Waals surface area contributed by atoms with Gasteiger partial charge >= 0.3 is 6.61 Å². The Balaban J connectivity index is 3.01. The first-order chi connectivity index (χ1) is 7.69. The van der Waals surface area contributed by atoms with E-state index in [2.05, 4.69) is 20.7 Å². The standard InChI is InChI=1S/C11H10BrF2NO/c12-6-2-4-9-8(7-15)3-1-5-10(9)16-11(13)14/h1,3,5,11H,2,4,6H2. The molecule has 0 saturated heterocycles. The van der Waals surface area contributed by atoms with Crippen LogP contribution < -0.4 is 4.74 Å². The third-order valence-electron chi connectivity index (χ3n) is 2.03. The van der Waals surface area contributed by atoms with E-state index in [-0.39, 0.29) is 5.75 Å². The van der Waals surface area contributed by atoms with E-state index in [1.807, 2.05) is 6.07 Å². The maximum absolute atomic E-state index is 12.1. The zero-order valence-electron chi connectivity index (χ0n) is 8.42.